The van der Waals surface area contributed by atoms with Gasteiger partial charge in [-0.15, -0.1) is 0 Å². The van der Waals surface area contributed by atoms with Crippen molar-refractivity contribution in [3.63, 3.8) is 0 Å². The number of aromatic nitrogens is 2. The number of ether oxygens (including phenoxy) is 1. The summed E-state index contributed by atoms with van der Waals surface area (Å²) in [7, 11) is 3.69. The van der Waals surface area contributed by atoms with Gasteiger partial charge in [0.15, 0.2) is 0 Å². The number of nitrogens with zero attached hydrogens (tertiary/aromatic N) is 3. The van der Waals surface area contributed by atoms with Crippen LogP contribution in [0.5, 0.6) is 5.75 Å². The Hall–Kier alpha value is -2.66. The summed E-state index contributed by atoms with van der Waals surface area (Å²) in [5.74, 6) is 2.01. The Morgan fingerprint density at radius 2 is 1.79 bits per heavy atom. The number of methoxy groups -OCH3 is 1. The van der Waals surface area contributed by atoms with Gasteiger partial charge in [-0.3, -0.25) is 4.90 Å². The molecule has 0 aliphatic carbocycles. The molecule has 0 saturated carbocycles. The maximum atomic E-state index is 5.38. The summed E-state index contributed by atoms with van der Waals surface area (Å²) in [4.78, 5) is 6.64. The second kappa shape index (κ2) is 7.27. The van der Waals surface area contributed by atoms with Gasteiger partial charge in [-0.2, -0.15) is 4.98 Å². The van der Waals surface area contributed by atoms with Gasteiger partial charge in [-0.05, 0) is 49.4 Å². The zero-order valence-electron chi connectivity index (χ0n) is 14.2. The summed E-state index contributed by atoms with van der Waals surface area (Å²) in [6, 6.07) is 16.0. The average molecular weight is 323 g/mol. The van der Waals surface area contributed by atoms with Crippen LogP contribution in [0, 0.1) is 6.92 Å². The van der Waals surface area contributed by atoms with Crippen molar-refractivity contribution in [3.05, 3.63) is 65.5 Å². The summed E-state index contributed by atoms with van der Waals surface area (Å²) >= 11 is 0. The van der Waals surface area contributed by atoms with E-state index in [2.05, 4.69) is 46.2 Å². The summed E-state index contributed by atoms with van der Waals surface area (Å²) < 4.78 is 10.5. The van der Waals surface area contributed by atoms with Crippen LogP contribution in [0.15, 0.2) is 53.1 Å². The van der Waals surface area contributed by atoms with Crippen molar-refractivity contribution in [2.24, 2.45) is 0 Å². The first-order valence-corrected chi connectivity index (χ1v) is 7.86. The molecule has 0 saturated heterocycles. The molecule has 0 aliphatic rings. The van der Waals surface area contributed by atoms with Crippen LogP contribution in [0.4, 0.5) is 0 Å². The molecule has 0 spiro atoms. The lowest BCUT2D eigenvalue weighted by atomic mass is 10.1. The summed E-state index contributed by atoms with van der Waals surface area (Å²) in [6.45, 7) is 3.57. The van der Waals surface area contributed by atoms with Gasteiger partial charge in [0.25, 0.3) is 0 Å². The molecule has 1 aromatic heterocycles. The van der Waals surface area contributed by atoms with Crippen LogP contribution in [0.2, 0.25) is 0 Å². The van der Waals surface area contributed by atoms with Crippen LogP contribution in [0.25, 0.3) is 11.4 Å². The number of aryl methyl sites for hydroxylation is 1. The lowest BCUT2D eigenvalue weighted by Gasteiger charge is -2.15. The van der Waals surface area contributed by atoms with Crippen LogP contribution in [0.1, 0.15) is 17.0 Å². The molecule has 0 radical (unpaired) electrons. The average Bonchev–Trinajstić information content (AvgIpc) is 3.05. The lowest BCUT2D eigenvalue weighted by molar-refractivity contribution is 0.260. The van der Waals surface area contributed by atoms with Gasteiger partial charge in [-0.1, -0.05) is 29.4 Å². The zero-order valence-corrected chi connectivity index (χ0v) is 14.2. The first-order chi connectivity index (χ1) is 11.7. The van der Waals surface area contributed by atoms with Crippen molar-refractivity contribution in [3.8, 4) is 17.1 Å². The van der Waals surface area contributed by atoms with E-state index in [-0.39, 0.29) is 0 Å². The smallest absolute Gasteiger partial charge is 0.241 e. The van der Waals surface area contributed by atoms with E-state index in [1.807, 2.05) is 31.3 Å². The van der Waals surface area contributed by atoms with E-state index in [9.17, 15) is 0 Å². The molecular weight excluding hydrogens is 302 g/mol. The van der Waals surface area contributed by atoms with Crippen LogP contribution in [-0.2, 0) is 13.1 Å². The molecular formula is C19H21N3O2. The fraction of sp³-hybridized carbons (Fsp3) is 0.263. The third-order valence-electron chi connectivity index (χ3n) is 3.92. The van der Waals surface area contributed by atoms with Gasteiger partial charge in [0.05, 0.1) is 13.7 Å². The van der Waals surface area contributed by atoms with Crippen molar-refractivity contribution in [1.29, 1.82) is 0 Å². The minimum absolute atomic E-state index is 0.594. The molecule has 5 heteroatoms. The van der Waals surface area contributed by atoms with Crippen molar-refractivity contribution in [2.45, 2.75) is 20.0 Å². The van der Waals surface area contributed by atoms with Gasteiger partial charge >= 0.3 is 0 Å². The molecule has 0 fully saturated rings. The molecule has 0 aliphatic heterocycles. The molecule has 0 unspecified atom stereocenters. The van der Waals surface area contributed by atoms with Gasteiger partial charge in [0.2, 0.25) is 11.7 Å². The Labute approximate surface area is 141 Å². The largest absolute Gasteiger partial charge is 0.497 e. The number of hydrogen-bond acceptors (Lipinski definition) is 5. The van der Waals surface area contributed by atoms with Crippen LogP contribution < -0.4 is 4.74 Å². The SMILES string of the molecule is COc1ccc(-c2noc(CN(C)Cc3ccccc3C)n2)cc1. The Bertz CT molecular complexity index is 796. The third kappa shape index (κ3) is 3.81. The van der Waals surface area contributed by atoms with Crippen LogP contribution in [0.3, 0.4) is 0 Å². The first kappa shape index (κ1) is 16.2. The third-order valence-corrected chi connectivity index (χ3v) is 3.92. The van der Waals surface area contributed by atoms with E-state index in [0.717, 1.165) is 17.9 Å². The van der Waals surface area contributed by atoms with Gasteiger partial charge < -0.3 is 9.26 Å². The predicted molar refractivity (Wildman–Crippen MR) is 92.6 cm³/mol. The minimum Gasteiger partial charge on any atom is -0.497 e. The molecule has 3 aromatic rings. The fourth-order valence-electron chi connectivity index (χ4n) is 2.54. The molecule has 0 N–H and O–H groups in total. The van der Waals surface area contributed by atoms with E-state index in [1.54, 1.807) is 7.11 Å². The molecule has 24 heavy (non-hydrogen) atoms. The Morgan fingerprint density at radius 1 is 1.04 bits per heavy atom. The fourth-order valence-corrected chi connectivity index (χ4v) is 2.54. The van der Waals surface area contributed by atoms with Crippen molar-refractivity contribution < 1.29 is 9.26 Å². The minimum atomic E-state index is 0.594. The topological polar surface area (TPSA) is 51.4 Å². The zero-order chi connectivity index (χ0) is 16.9. The lowest BCUT2D eigenvalue weighted by Crippen LogP contribution is -2.18. The molecule has 5 nitrogen and oxygen atoms in total. The molecule has 1 heterocycles. The van der Waals surface area contributed by atoms with E-state index < -0.39 is 0 Å². The molecule has 0 amide bonds. The molecule has 124 valence electrons. The van der Waals surface area contributed by atoms with Gasteiger partial charge in [-0.25, -0.2) is 0 Å². The van der Waals surface area contributed by atoms with Crippen molar-refractivity contribution >= 4 is 0 Å². The summed E-state index contributed by atoms with van der Waals surface area (Å²) in [6.07, 6.45) is 0. The normalized spacial score (nSPS) is 11.0. The van der Waals surface area contributed by atoms with Crippen LogP contribution >= 0.6 is 0 Å². The highest BCUT2D eigenvalue weighted by atomic mass is 16.5. The van der Waals surface area contributed by atoms with Gasteiger partial charge in [0, 0.05) is 12.1 Å². The number of benzene rings is 2. The Morgan fingerprint density at radius 3 is 2.50 bits per heavy atom. The monoisotopic (exact) mass is 323 g/mol. The maximum absolute atomic E-state index is 5.38. The highest BCUT2D eigenvalue weighted by Crippen LogP contribution is 2.20. The van der Waals surface area contributed by atoms with E-state index in [4.69, 9.17) is 9.26 Å². The quantitative estimate of drug-likeness (QED) is 0.692. The van der Waals surface area contributed by atoms with Crippen molar-refractivity contribution in [1.82, 2.24) is 15.0 Å². The Kier molecular flexibility index (Phi) is 4.91. The van der Waals surface area contributed by atoms with E-state index in [1.165, 1.54) is 11.1 Å². The van der Waals surface area contributed by atoms with Gasteiger partial charge in [0.1, 0.15) is 5.75 Å². The van der Waals surface area contributed by atoms with E-state index >= 15 is 0 Å². The second-order valence-corrected chi connectivity index (χ2v) is 5.84. The second-order valence-electron chi connectivity index (χ2n) is 5.84. The standard InChI is InChI=1S/C19H21N3O2/c1-14-6-4-5-7-16(14)12-22(2)13-18-20-19(21-24-18)15-8-10-17(23-3)11-9-15/h4-11H,12-13H2,1-3H3. The number of rotatable bonds is 6. The number of hydrogen-bond donors (Lipinski definition) is 0. The molecule has 0 atom stereocenters. The van der Waals surface area contributed by atoms with Crippen molar-refractivity contribution in [2.75, 3.05) is 14.2 Å². The van der Waals surface area contributed by atoms with Crippen LogP contribution in [-0.4, -0.2) is 29.2 Å². The Balaban J connectivity index is 1.66. The van der Waals surface area contributed by atoms with E-state index in [0.29, 0.717) is 18.3 Å². The highest BCUT2D eigenvalue weighted by Gasteiger charge is 2.11. The highest BCUT2D eigenvalue weighted by molar-refractivity contribution is 5.55. The summed E-state index contributed by atoms with van der Waals surface area (Å²) in [5, 5.41) is 4.07. The molecule has 0 bridgehead atoms. The maximum Gasteiger partial charge on any atom is 0.241 e. The molecule has 3 rings (SSSR count). The predicted octanol–water partition coefficient (Wildman–Crippen LogP) is 3.69. The molecule has 2 aromatic carbocycles. The first-order valence-electron chi connectivity index (χ1n) is 7.86. The summed E-state index contributed by atoms with van der Waals surface area (Å²) in [5.41, 5.74) is 3.50.